The molecule has 0 saturated carbocycles. The Balaban J connectivity index is 1.76. The maximum atomic E-state index is 12.7. The summed E-state index contributed by atoms with van der Waals surface area (Å²) in [5.74, 6) is 2.14. The lowest BCUT2D eigenvalue weighted by molar-refractivity contribution is -0.116. The summed E-state index contributed by atoms with van der Waals surface area (Å²) in [6.07, 6.45) is 1.62. The van der Waals surface area contributed by atoms with Crippen molar-refractivity contribution >= 4 is 23.4 Å². The molecule has 7 heteroatoms. The summed E-state index contributed by atoms with van der Waals surface area (Å²) in [6, 6.07) is 13.4. The Morgan fingerprint density at radius 3 is 2.59 bits per heavy atom. The first-order valence-corrected chi connectivity index (χ1v) is 10.0. The molecular weight excluding hydrogens is 360 g/mol. The average molecular weight is 385 g/mol. The molecule has 3 rings (SSSR count). The van der Waals surface area contributed by atoms with E-state index in [1.165, 1.54) is 11.8 Å². The smallest absolute Gasteiger partial charge is 0.237 e. The van der Waals surface area contributed by atoms with E-state index in [2.05, 4.69) is 24.0 Å². The van der Waals surface area contributed by atoms with Crippen LogP contribution in [0.1, 0.15) is 20.8 Å². The van der Waals surface area contributed by atoms with Crippen LogP contribution in [0, 0.1) is 5.92 Å². The molecule has 2 aromatic heterocycles. The summed E-state index contributed by atoms with van der Waals surface area (Å²) in [5, 5.41) is 9.32. The van der Waals surface area contributed by atoms with Gasteiger partial charge in [-0.05, 0) is 37.1 Å². The fourth-order valence-corrected chi connectivity index (χ4v) is 3.65. The molecule has 0 spiro atoms. The quantitative estimate of drug-likeness (QED) is 0.541. The summed E-state index contributed by atoms with van der Waals surface area (Å²) in [4.78, 5) is 14.5. The van der Waals surface area contributed by atoms with Crippen molar-refractivity contribution in [3.63, 3.8) is 0 Å². The van der Waals surface area contributed by atoms with Crippen molar-refractivity contribution < 1.29 is 9.21 Å². The second-order valence-corrected chi connectivity index (χ2v) is 7.49. The molecule has 0 N–H and O–H groups in total. The van der Waals surface area contributed by atoms with Crippen LogP contribution in [0.25, 0.3) is 11.6 Å². The maximum absolute atomic E-state index is 12.7. The van der Waals surface area contributed by atoms with E-state index in [-0.39, 0.29) is 5.91 Å². The van der Waals surface area contributed by atoms with Gasteiger partial charge in [-0.15, -0.1) is 10.2 Å². The summed E-state index contributed by atoms with van der Waals surface area (Å²) < 4.78 is 7.51. The number of carbonyl (C=O) groups is 1. The Morgan fingerprint density at radius 2 is 1.96 bits per heavy atom. The zero-order valence-corrected chi connectivity index (χ0v) is 16.6. The van der Waals surface area contributed by atoms with E-state index in [9.17, 15) is 4.79 Å². The summed E-state index contributed by atoms with van der Waals surface area (Å²) in [6.45, 7) is 7.64. The zero-order valence-electron chi connectivity index (χ0n) is 15.8. The van der Waals surface area contributed by atoms with E-state index in [4.69, 9.17) is 4.42 Å². The fourth-order valence-electron chi connectivity index (χ4n) is 2.83. The molecule has 0 saturated heterocycles. The van der Waals surface area contributed by atoms with Crippen molar-refractivity contribution in [2.24, 2.45) is 5.92 Å². The average Bonchev–Trinajstić information content (AvgIpc) is 3.31. The molecule has 0 aliphatic heterocycles. The molecule has 0 aliphatic rings. The SMILES string of the molecule is CCN(C(=O)CSc1nnc(-c2ccco2)n1CC(C)C)c1ccccc1. The lowest BCUT2D eigenvalue weighted by Gasteiger charge is -2.20. The van der Waals surface area contributed by atoms with Crippen LogP contribution >= 0.6 is 11.8 Å². The number of carbonyl (C=O) groups excluding carboxylic acids is 1. The molecule has 0 unspecified atom stereocenters. The number of nitrogens with zero attached hydrogens (tertiary/aromatic N) is 4. The minimum Gasteiger partial charge on any atom is -0.461 e. The highest BCUT2D eigenvalue weighted by molar-refractivity contribution is 7.99. The molecule has 6 nitrogen and oxygen atoms in total. The molecule has 0 fully saturated rings. The fraction of sp³-hybridized carbons (Fsp3) is 0.350. The van der Waals surface area contributed by atoms with Crippen molar-refractivity contribution in [2.45, 2.75) is 32.5 Å². The van der Waals surface area contributed by atoms with Gasteiger partial charge < -0.3 is 9.32 Å². The van der Waals surface area contributed by atoms with Gasteiger partial charge in [0, 0.05) is 18.8 Å². The van der Waals surface area contributed by atoms with Crippen molar-refractivity contribution in [3.8, 4) is 11.6 Å². The first-order chi connectivity index (χ1) is 13.1. The molecule has 0 aliphatic carbocycles. The van der Waals surface area contributed by atoms with Gasteiger partial charge in [-0.2, -0.15) is 0 Å². The second kappa shape index (κ2) is 8.90. The highest BCUT2D eigenvalue weighted by Crippen LogP contribution is 2.26. The van der Waals surface area contributed by atoms with Crippen LogP contribution < -0.4 is 4.90 Å². The van der Waals surface area contributed by atoms with Crippen molar-refractivity contribution in [3.05, 3.63) is 48.7 Å². The number of anilines is 1. The minimum absolute atomic E-state index is 0.0485. The Kier molecular flexibility index (Phi) is 6.34. The van der Waals surface area contributed by atoms with Gasteiger partial charge in [-0.25, -0.2) is 0 Å². The third kappa shape index (κ3) is 4.60. The molecule has 142 valence electrons. The van der Waals surface area contributed by atoms with Crippen LogP contribution in [-0.2, 0) is 11.3 Å². The van der Waals surface area contributed by atoms with Gasteiger partial charge >= 0.3 is 0 Å². The number of para-hydroxylation sites is 1. The van der Waals surface area contributed by atoms with E-state index >= 15 is 0 Å². The summed E-state index contributed by atoms with van der Waals surface area (Å²) in [7, 11) is 0. The minimum atomic E-state index is 0.0485. The lowest BCUT2D eigenvalue weighted by atomic mass is 10.2. The first kappa shape index (κ1) is 19.2. The third-order valence-electron chi connectivity index (χ3n) is 4.02. The van der Waals surface area contributed by atoms with Crippen molar-refractivity contribution in [2.75, 3.05) is 17.2 Å². The number of furan rings is 1. The van der Waals surface area contributed by atoms with Gasteiger partial charge in [0.1, 0.15) is 0 Å². The van der Waals surface area contributed by atoms with E-state index in [0.717, 1.165) is 17.4 Å². The predicted molar refractivity (Wildman–Crippen MR) is 108 cm³/mol. The van der Waals surface area contributed by atoms with E-state index in [1.54, 1.807) is 11.2 Å². The van der Waals surface area contributed by atoms with Gasteiger partial charge in [-0.3, -0.25) is 9.36 Å². The number of hydrogen-bond donors (Lipinski definition) is 0. The topological polar surface area (TPSA) is 64.2 Å². The molecule has 1 amide bonds. The molecule has 3 aromatic rings. The number of amides is 1. The van der Waals surface area contributed by atoms with E-state index in [0.29, 0.717) is 29.8 Å². The highest BCUT2D eigenvalue weighted by atomic mass is 32.2. The molecule has 1 aromatic carbocycles. The van der Waals surface area contributed by atoms with Crippen LogP contribution in [0.2, 0.25) is 0 Å². The van der Waals surface area contributed by atoms with Crippen LogP contribution in [0.5, 0.6) is 0 Å². The standard InChI is InChI=1S/C20H24N4O2S/c1-4-23(16-9-6-5-7-10-16)18(25)14-27-20-22-21-19(17-11-8-12-26-17)24(20)13-15(2)3/h5-12,15H,4,13-14H2,1-3H3. The van der Waals surface area contributed by atoms with Crippen LogP contribution in [-0.4, -0.2) is 33.0 Å². The monoisotopic (exact) mass is 384 g/mol. The maximum Gasteiger partial charge on any atom is 0.237 e. The van der Waals surface area contributed by atoms with Gasteiger partial charge in [0.15, 0.2) is 16.7 Å². The van der Waals surface area contributed by atoms with Gasteiger partial charge in [-0.1, -0.05) is 43.8 Å². The van der Waals surface area contributed by atoms with E-state index < -0.39 is 0 Å². The number of aromatic nitrogens is 3. The largest absolute Gasteiger partial charge is 0.461 e. The van der Waals surface area contributed by atoms with Crippen LogP contribution in [0.3, 0.4) is 0 Å². The summed E-state index contributed by atoms with van der Waals surface area (Å²) in [5.41, 5.74) is 0.908. The lowest BCUT2D eigenvalue weighted by Crippen LogP contribution is -2.32. The number of hydrogen-bond acceptors (Lipinski definition) is 5. The molecule has 0 atom stereocenters. The van der Waals surface area contributed by atoms with Crippen LogP contribution in [0.15, 0.2) is 58.3 Å². The number of rotatable bonds is 8. The molecule has 27 heavy (non-hydrogen) atoms. The van der Waals surface area contributed by atoms with Gasteiger partial charge in [0.25, 0.3) is 0 Å². The Bertz CT molecular complexity index is 860. The zero-order chi connectivity index (χ0) is 19.2. The summed E-state index contributed by atoms with van der Waals surface area (Å²) >= 11 is 1.41. The van der Waals surface area contributed by atoms with Crippen LogP contribution in [0.4, 0.5) is 5.69 Å². The molecule has 0 bridgehead atoms. The van der Waals surface area contributed by atoms with Crippen molar-refractivity contribution in [1.29, 1.82) is 0 Å². The van der Waals surface area contributed by atoms with Gasteiger partial charge in [0.05, 0.1) is 12.0 Å². The Labute approximate surface area is 163 Å². The third-order valence-corrected chi connectivity index (χ3v) is 4.97. The highest BCUT2D eigenvalue weighted by Gasteiger charge is 2.20. The number of thioether (sulfide) groups is 1. The number of benzene rings is 1. The van der Waals surface area contributed by atoms with Gasteiger partial charge in [0.2, 0.25) is 5.91 Å². The second-order valence-electron chi connectivity index (χ2n) is 6.55. The Hall–Kier alpha value is -2.54. The molecule has 2 heterocycles. The first-order valence-electron chi connectivity index (χ1n) is 9.05. The van der Waals surface area contributed by atoms with E-state index in [1.807, 2.05) is 54.0 Å². The Morgan fingerprint density at radius 1 is 1.19 bits per heavy atom. The van der Waals surface area contributed by atoms with Crippen molar-refractivity contribution in [1.82, 2.24) is 14.8 Å². The predicted octanol–water partition coefficient (Wildman–Crippen LogP) is 4.34. The molecular formula is C20H24N4O2S. The normalized spacial score (nSPS) is 11.1. The molecule has 0 radical (unpaired) electrons.